The molecule has 2 unspecified atom stereocenters. The van der Waals surface area contributed by atoms with Crippen LogP contribution in [0.1, 0.15) is 17.0 Å². The Morgan fingerprint density at radius 3 is 2.88 bits per heavy atom. The van der Waals surface area contributed by atoms with Crippen LogP contribution in [0.15, 0.2) is 24.3 Å². The quantitative estimate of drug-likeness (QED) is 0.771. The fourth-order valence-corrected chi connectivity index (χ4v) is 2.19. The molecule has 2 rings (SSSR count). The molecule has 0 saturated carbocycles. The van der Waals surface area contributed by atoms with Gasteiger partial charge in [0.1, 0.15) is 0 Å². The number of benzene rings is 1. The first kappa shape index (κ1) is 10.7. The molecule has 1 aromatic carbocycles. The second-order valence-electron chi connectivity index (χ2n) is 3.91. The van der Waals surface area contributed by atoms with E-state index in [0.717, 1.165) is 5.56 Å². The third-order valence-corrected chi connectivity index (χ3v) is 3.01. The van der Waals surface area contributed by atoms with Crippen LogP contribution in [-0.4, -0.2) is 24.2 Å². The lowest BCUT2D eigenvalue weighted by atomic mass is 9.86. The highest BCUT2D eigenvalue weighted by Gasteiger charge is 2.34. The van der Waals surface area contributed by atoms with E-state index in [4.69, 9.17) is 10.4 Å². The number of hydrogen-bond donors (Lipinski definition) is 2. The predicted molar refractivity (Wildman–Crippen MR) is 57.9 cm³/mol. The van der Waals surface area contributed by atoms with Crippen molar-refractivity contribution in [3.8, 4) is 6.07 Å². The van der Waals surface area contributed by atoms with Crippen LogP contribution in [0, 0.1) is 17.2 Å². The largest absolute Gasteiger partial charge is 0.481 e. The van der Waals surface area contributed by atoms with Crippen molar-refractivity contribution in [1.29, 1.82) is 5.26 Å². The zero-order valence-electron chi connectivity index (χ0n) is 8.68. The maximum Gasteiger partial charge on any atom is 0.308 e. The summed E-state index contributed by atoms with van der Waals surface area (Å²) in [6.07, 6.45) is 0. The van der Waals surface area contributed by atoms with Gasteiger partial charge in [0.25, 0.3) is 0 Å². The van der Waals surface area contributed by atoms with Crippen molar-refractivity contribution in [3.05, 3.63) is 35.4 Å². The molecule has 1 aromatic rings. The summed E-state index contributed by atoms with van der Waals surface area (Å²) in [5, 5.41) is 21.1. The molecule has 0 spiro atoms. The smallest absolute Gasteiger partial charge is 0.308 e. The molecule has 0 radical (unpaired) electrons. The van der Waals surface area contributed by atoms with Crippen molar-refractivity contribution in [2.45, 2.75) is 5.92 Å². The molecule has 0 bridgehead atoms. The van der Waals surface area contributed by atoms with E-state index >= 15 is 0 Å². The Hall–Kier alpha value is -1.86. The molecule has 1 heterocycles. The molecule has 4 heteroatoms. The number of carbonyl (C=O) groups is 1. The van der Waals surface area contributed by atoms with E-state index in [9.17, 15) is 4.79 Å². The van der Waals surface area contributed by atoms with Crippen LogP contribution in [0.5, 0.6) is 0 Å². The van der Waals surface area contributed by atoms with Crippen LogP contribution in [0.4, 0.5) is 0 Å². The van der Waals surface area contributed by atoms with Gasteiger partial charge in [0, 0.05) is 19.0 Å². The van der Waals surface area contributed by atoms with Crippen LogP contribution >= 0.6 is 0 Å². The van der Waals surface area contributed by atoms with Crippen molar-refractivity contribution in [3.63, 3.8) is 0 Å². The summed E-state index contributed by atoms with van der Waals surface area (Å²) in [5.74, 6) is -1.34. The normalized spacial score (nSPS) is 23.9. The fraction of sp³-hybridized carbons (Fsp3) is 0.333. The van der Waals surface area contributed by atoms with Gasteiger partial charge in [0.15, 0.2) is 0 Å². The van der Waals surface area contributed by atoms with Crippen LogP contribution in [0.3, 0.4) is 0 Å². The van der Waals surface area contributed by atoms with Crippen LogP contribution in [0.25, 0.3) is 0 Å². The van der Waals surface area contributed by atoms with E-state index in [1.54, 1.807) is 12.1 Å². The second-order valence-corrected chi connectivity index (χ2v) is 3.91. The van der Waals surface area contributed by atoms with Crippen LogP contribution < -0.4 is 5.32 Å². The SMILES string of the molecule is N#Cc1ccccc1C1CNCC1C(=O)O. The first-order valence-corrected chi connectivity index (χ1v) is 5.16. The van der Waals surface area contributed by atoms with E-state index in [0.29, 0.717) is 18.7 Å². The topological polar surface area (TPSA) is 73.1 Å². The zero-order valence-corrected chi connectivity index (χ0v) is 8.68. The van der Waals surface area contributed by atoms with Gasteiger partial charge in [-0.15, -0.1) is 0 Å². The number of carboxylic acid groups (broad SMARTS) is 1. The molecule has 2 N–H and O–H groups in total. The van der Waals surface area contributed by atoms with Crippen LogP contribution in [0.2, 0.25) is 0 Å². The molecular formula is C12H12N2O2. The molecule has 1 fully saturated rings. The summed E-state index contributed by atoms with van der Waals surface area (Å²) < 4.78 is 0. The number of rotatable bonds is 2. The molecule has 4 nitrogen and oxygen atoms in total. The Morgan fingerprint density at radius 1 is 1.44 bits per heavy atom. The first-order valence-electron chi connectivity index (χ1n) is 5.16. The molecule has 1 aliphatic heterocycles. The third kappa shape index (κ3) is 1.77. The summed E-state index contributed by atoms with van der Waals surface area (Å²) in [4.78, 5) is 11.1. The minimum absolute atomic E-state index is 0.103. The average Bonchev–Trinajstić information content (AvgIpc) is 2.77. The maximum atomic E-state index is 11.1. The van der Waals surface area contributed by atoms with Gasteiger partial charge in [-0.2, -0.15) is 5.26 Å². The fourth-order valence-electron chi connectivity index (χ4n) is 2.19. The lowest BCUT2D eigenvalue weighted by molar-refractivity contribution is -0.141. The van der Waals surface area contributed by atoms with Gasteiger partial charge >= 0.3 is 5.97 Å². The standard InChI is InChI=1S/C12H12N2O2/c13-5-8-3-1-2-4-9(8)10-6-14-7-11(10)12(15)16/h1-4,10-11,14H,6-7H2,(H,15,16). The molecule has 0 amide bonds. The van der Waals surface area contributed by atoms with Crippen molar-refractivity contribution in [2.24, 2.45) is 5.92 Å². The van der Waals surface area contributed by atoms with E-state index in [1.165, 1.54) is 0 Å². The number of hydrogen-bond acceptors (Lipinski definition) is 3. The third-order valence-electron chi connectivity index (χ3n) is 3.01. The summed E-state index contributed by atoms with van der Waals surface area (Å²) in [7, 11) is 0. The monoisotopic (exact) mass is 216 g/mol. The Morgan fingerprint density at radius 2 is 2.19 bits per heavy atom. The van der Waals surface area contributed by atoms with E-state index in [-0.39, 0.29) is 5.92 Å². The van der Waals surface area contributed by atoms with E-state index < -0.39 is 11.9 Å². The lowest BCUT2D eigenvalue weighted by Gasteiger charge is -2.15. The predicted octanol–water partition coefficient (Wildman–Crippen LogP) is 0.946. The van der Waals surface area contributed by atoms with Gasteiger partial charge in [0.05, 0.1) is 17.6 Å². The molecular weight excluding hydrogens is 204 g/mol. The van der Waals surface area contributed by atoms with E-state index in [2.05, 4.69) is 11.4 Å². The highest BCUT2D eigenvalue weighted by atomic mass is 16.4. The van der Waals surface area contributed by atoms with E-state index in [1.807, 2.05) is 12.1 Å². The highest BCUT2D eigenvalue weighted by molar-refractivity contribution is 5.72. The molecule has 0 aliphatic carbocycles. The number of carboxylic acids is 1. The Bertz CT molecular complexity index is 451. The molecule has 1 aliphatic rings. The van der Waals surface area contributed by atoms with Gasteiger partial charge in [-0.3, -0.25) is 4.79 Å². The zero-order chi connectivity index (χ0) is 11.5. The van der Waals surface area contributed by atoms with Gasteiger partial charge in [-0.05, 0) is 11.6 Å². The van der Waals surface area contributed by atoms with Crippen molar-refractivity contribution in [2.75, 3.05) is 13.1 Å². The van der Waals surface area contributed by atoms with Gasteiger partial charge in [-0.1, -0.05) is 18.2 Å². The summed E-state index contributed by atoms with van der Waals surface area (Å²) >= 11 is 0. The molecule has 82 valence electrons. The summed E-state index contributed by atoms with van der Waals surface area (Å²) in [6, 6.07) is 9.31. The minimum Gasteiger partial charge on any atom is -0.481 e. The molecule has 2 atom stereocenters. The Balaban J connectivity index is 2.37. The highest BCUT2D eigenvalue weighted by Crippen LogP contribution is 2.30. The van der Waals surface area contributed by atoms with Crippen molar-refractivity contribution >= 4 is 5.97 Å². The number of aliphatic carboxylic acids is 1. The maximum absolute atomic E-state index is 11.1. The molecule has 1 saturated heterocycles. The second kappa shape index (κ2) is 4.33. The van der Waals surface area contributed by atoms with Gasteiger partial charge in [-0.25, -0.2) is 0 Å². The van der Waals surface area contributed by atoms with Crippen molar-refractivity contribution in [1.82, 2.24) is 5.32 Å². The van der Waals surface area contributed by atoms with Crippen molar-refractivity contribution < 1.29 is 9.90 Å². The van der Waals surface area contributed by atoms with Crippen LogP contribution in [-0.2, 0) is 4.79 Å². The summed E-state index contributed by atoms with van der Waals surface area (Å²) in [6.45, 7) is 1.09. The first-order chi connectivity index (χ1) is 7.74. The number of nitrogens with one attached hydrogen (secondary N) is 1. The van der Waals surface area contributed by atoms with Gasteiger partial charge < -0.3 is 10.4 Å². The Labute approximate surface area is 93.5 Å². The molecule has 16 heavy (non-hydrogen) atoms. The number of nitrogens with zero attached hydrogens (tertiary/aromatic N) is 1. The Kier molecular flexibility index (Phi) is 2.88. The lowest BCUT2D eigenvalue weighted by Crippen LogP contribution is -2.21. The molecule has 0 aromatic heterocycles. The van der Waals surface area contributed by atoms with Gasteiger partial charge in [0.2, 0.25) is 0 Å². The minimum atomic E-state index is -0.803. The average molecular weight is 216 g/mol. The summed E-state index contributed by atoms with van der Waals surface area (Å²) in [5.41, 5.74) is 1.41. The number of nitriles is 1.